The molecule has 2 fully saturated rings. The van der Waals surface area contributed by atoms with Crippen LogP contribution in [0.4, 0.5) is 13.2 Å². The average molecular weight is 464 g/mol. The molecular weight excluding hydrogens is 435 g/mol. The maximum absolute atomic E-state index is 13.1. The molecule has 4 rings (SSSR count). The van der Waals surface area contributed by atoms with Crippen molar-refractivity contribution >= 4 is 11.9 Å². The normalized spacial score (nSPS) is 18.2. The van der Waals surface area contributed by atoms with E-state index in [1.54, 1.807) is 0 Å². The maximum Gasteiger partial charge on any atom is 0.490 e. The quantitative estimate of drug-likeness (QED) is 0.741. The first-order valence-corrected chi connectivity index (χ1v) is 10.9. The van der Waals surface area contributed by atoms with Crippen LogP contribution in [0.1, 0.15) is 36.1 Å². The van der Waals surface area contributed by atoms with Crippen LogP contribution >= 0.6 is 0 Å². The Balaban J connectivity index is 0.000000383. The number of carboxylic acids is 1. The van der Waals surface area contributed by atoms with Crippen LogP contribution in [0.25, 0.3) is 0 Å². The van der Waals surface area contributed by atoms with E-state index in [9.17, 15) is 18.0 Å². The van der Waals surface area contributed by atoms with E-state index in [1.807, 2.05) is 18.3 Å². The van der Waals surface area contributed by atoms with Gasteiger partial charge < -0.3 is 10.0 Å². The predicted molar refractivity (Wildman–Crippen MR) is 116 cm³/mol. The van der Waals surface area contributed by atoms with Crippen LogP contribution < -0.4 is 0 Å². The van der Waals surface area contributed by atoms with Crippen molar-refractivity contribution in [1.82, 2.24) is 14.8 Å². The van der Waals surface area contributed by atoms with Gasteiger partial charge in [0.25, 0.3) is 0 Å². The number of benzene rings is 1. The number of alkyl halides is 3. The van der Waals surface area contributed by atoms with E-state index < -0.39 is 12.1 Å². The third-order valence-electron chi connectivity index (χ3n) is 6.22. The number of hydrogen-bond acceptors (Lipinski definition) is 4. The molecule has 2 aromatic rings. The number of pyridine rings is 1. The molecular formula is C24H28F3N3O3. The monoisotopic (exact) mass is 463 g/mol. The maximum atomic E-state index is 13.1. The van der Waals surface area contributed by atoms with Crippen molar-refractivity contribution < 1.29 is 27.9 Å². The molecule has 33 heavy (non-hydrogen) atoms. The Morgan fingerprint density at radius 3 is 2.30 bits per heavy atom. The molecule has 2 aliphatic heterocycles. The molecule has 1 N–H and O–H groups in total. The van der Waals surface area contributed by atoms with Crippen LogP contribution in [0.3, 0.4) is 0 Å². The first-order valence-electron chi connectivity index (χ1n) is 10.9. The smallest absolute Gasteiger partial charge is 0.475 e. The number of piperidine rings is 1. The predicted octanol–water partition coefficient (Wildman–Crippen LogP) is 4.04. The molecule has 0 unspecified atom stereocenters. The third-order valence-corrected chi connectivity index (χ3v) is 6.22. The summed E-state index contributed by atoms with van der Waals surface area (Å²) in [5.74, 6) is -2.39. The van der Waals surface area contributed by atoms with Crippen molar-refractivity contribution in [3.8, 4) is 0 Å². The Hall–Kier alpha value is -2.94. The molecule has 0 bridgehead atoms. The Labute approximate surface area is 191 Å². The van der Waals surface area contributed by atoms with Gasteiger partial charge in [-0.05, 0) is 57.0 Å². The van der Waals surface area contributed by atoms with E-state index in [0.717, 1.165) is 57.7 Å². The van der Waals surface area contributed by atoms with Crippen molar-refractivity contribution in [2.75, 3.05) is 19.6 Å². The minimum Gasteiger partial charge on any atom is -0.475 e. The zero-order valence-corrected chi connectivity index (χ0v) is 18.5. The van der Waals surface area contributed by atoms with Gasteiger partial charge in [0.1, 0.15) is 0 Å². The lowest BCUT2D eigenvalue weighted by Crippen LogP contribution is -2.44. The topological polar surface area (TPSA) is 73.7 Å². The lowest BCUT2D eigenvalue weighted by Gasteiger charge is -2.37. The van der Waals surface area contributed by atoms with Gasteiger partial charge in [0.2, 0.25) is 5.91 Å². The van der Waals surface area contributed by atoms with Gasteiger partial charge in [-0.25, -0.2) is 4.79 Å². The Bertz CT molecular complexity index is 958. The van der Waals surface area contributed by atoms with Crippen molar-refractivity contribution in [3.05, 3.63) is 65.5 Å². The molecule has 3 heterocycles. The summed E-state index contributed by atoms with van der Waals surface area (Å²) in [5.41, 5.74) is 3.49. The second-order valence-corrected chi connectivity index (χ2v) is 8.65. The van der Waals surface area contributed by atoms with Crippen molar-refractivity contribution in [2.45, 2.75) is 45.5 Å². The van der Waals surface area contributed by atoms with Gasteiger partial charge >= 0.3 is 12.1 Å². The third kappa shape index (κ3) is 6.54. The SMILES string of the molecule is Cc1cccc(CN2CCC3(CCN(Cc4ccccn4)CC3)C2=O)c1.O=C(O)C(F)(F)F. The highest BCUT2D eigenvalue weighted by Gasteiger charge is 2.47. The fourth-order valence-corrected chi connectivity index (χ4v) is 4.40. The Morgan fingerprint density at radius 2 is 1.73 bits per heavy atom. The van der Waals surface area contributed by atoms with Gasteiger partial charge in [0.15, 0.2) is 0 Å². The highest BCUT2D eigenvalue weighted by Crippen LogP contribution is 2.42. The first-order chi connectivity index (χ1) is 15.6. The number of aryl methyl sites for hydroxylation is 1. The lowest BCUT2D eigenvalue weighted by molar-refractivity contribution is -0.192. The molecule has 1 aromatic heterocycles. The standard InChI is InChI=1S/C22H27N3O.C2HF3O2/c1-18-5-4-6-19(15-18)16-25-14-10-22(21(25)26)8-12-24(13-9-22)17-20-7-2-3-11-23-20;3-2(4,5)1(6)7/h2-7,11,15H,8-10,12-14,16-17H2,1H3;(H,6,7). The number of carbonyl (C=O) groups excluding carboxylic acids is 1. The number of likely N-dealkylation sites (tertiary alicyclic amines) is 2. The first kappa shape index (κ1) is 24.7. The van der Waals surface area contributed by atoms with E-state index in [4.69, 9.17) is 9.90 Å². The molecule has 1 amide bonds. The lowest BCUT2D eigenvalue weighted by atomic mass is 9.77. The zero-order chi connectivity index (χ0) is 24.1. The highest BCUT2D eigenvalue weighted by atomic mass is 19.4. The Kier molecular flexibility index (Phi) is 7.73. The molecule has 0 aliphatic carbocycles. The van der Waals surface area contributed by atoms with Crippen molar-refractivity contribution in [2.24, 2.45) is 5.41 Å². The summed E-state index contributed by atoms with van der Waals surface area (Å²) in [6.07, 6.45) is -0.272. The van der Waals surface area contributed by atoms with E-state index in [2.05, 4.69) is 52.0 Å². The number of aromatic nitrogens is 1. The molecule has 0 atom stereocenters. The van der Waals surface area contributed by atoms with Gasteiger partial charge in [-0.3, -0.25) is 14.7 Å². The number of halogens is 3. The molecule has 1 aromatic carbocycles. The van der Waals surface area contributed by atoms with Crippen molar-refractivity contribution in [3.63, 3.8) is 0 Å². The van der Waals surface area contributed by atoms with Gasteiger partial charge in [0.05, 0.1) is 11.1 Å². The molecule has 178 valence electrons. The Morgan fingerprint density at radius 1 is 1.06 bits per heavy atom. The minimum absolute atomic E-state index is 0.121. The van der Waals surface area contributed by atoms with Crippen LogP contribution in [0.15, 0.2) is 48.7 Å². The van der Waals surface area contributed by atoms with Crippen LogP contribution in [0.2, 0.25) is 0 Å². The summed E-state index contributed by atoms with van der Waals surface area (Å²) in [5, 5.41) is 7.12. The summed E-state index contributed by atoms with van der Waals surface area (Å²) < 4.78 is 31.7. The van der Waals surface area contributed by atoms with Gasteiger partial charge in [0, 0.05) is 25.8 Å². The molecule has 0 radical (unpaired) electrons. The number of nitrogens with zero attached hydrogens (tertiary/aromatic N) is 3. The summed E-state index contributed by atoms with van der Waals surface area (Å²) in [4.78, 5) is 31.0. The number of hydrogen-bond donors (Lipinski definition) is 1. The summed E-state index contributed by atoms with van der Waals surface area (Å²) in [7, 11) is 0. The fraction of sp³-hybridized carbons (Fsp3) is 0.458. The molecule has 1 spiro atoms. The largest absolute Gasteiger partial charge is 0.490 e. The van der Waals surface area contributed by atoms with E-state index >= 15 is 0 Å². The van der Waals surface area contributed by atoms with Crippen LogP contribution in [-0.2, 0) is 22.7 Å². The molecule has 6 nitrogen and oxygen atoms in total. The van der Waals surface area contributed by atoms with Crippen LogP contribution in [0.5, 0.6) is 0 Å². The van der Waals surface area contributed by atoms with Gasteiger partial charge in [-0.15, -0.1) is 0 Å². The van der Waals surface area contributed by atoms with E-state index in [1.165, 1.54) is 11.1 Å². The fourth-order valence-electron chi connectivity index (χ4n) is 4.40. The zero-order valence-electron chi connectivity index (χ0n) is 18.5. The van der Waals surface area contributed by atoms with E-state index in [0.29, 0.717) is 5.91 Å². The molecule has 2 aliphatic rings. The summed E-state index contributed by atoms with van der Waals surface area (Å²) in [6.45, 7) is 6.61. The second-order valence-electron chi connectivity index (χ2n) is 8.65. The second kappa shape index (κ2) is 10.3. The summed E-state index contributed by atoms with van der Waals surface area (Å²) in [6, 6.07) is 14.6. The molecule has 2 saturated heterocycles. The van der Waals surface area contributed by atoms with Gasteiger partial charge in [-0.2, -0.15) is 13.2 Å². The number of amides is 1. The highest BCUT2D eigenvalue weighted by molar-refractivity contribution is 5.85. The minimum atomic E-state index is -5.08. The number of rotatable bonds is 4. The molecule has 0 saturated carbocycles. The van der Waals surface area contributed by atoms with Crippen LogP contribution in [-0.4, -0.2) is 57.6 Å². The van der Waals surface area contributed by atoms with Gasteiger partial charge in [-0.1, -0.05) is 35.9 Å². The average Bonchev–Trinajstić information content (AvgIpc) is 3.06. The molecule has 9 heteroatoms. The summed E-state index contributed by atoms with van der Waals surface area (Å²) >= 11 is 0. The van der Waals surface area contributed by atoms with Crippen molar-refractivity contribution in [1.29, 1.82) is 0 Å². The number of carboxylic acid groups (broad SMARTS) is 1. The number of aliphatic carboxylic acids is 1. The van der Waals surface area contributed by atoms with E-state index in [-0.39, 0.29) is 5.41 Å². The van der Waals surface area contributed by atoms with Crippen LogP contribution in [0, 0.1) is 12.3 Å². The number of carbonyl (C=O) groups is 2.